The third-order valence-corrected chi connectivity index (χ3v) is 7.21. The SMILES string of the molecule is CCNC(=O)c1cc(C(=O)N2CCC(c3ccc(NC)cc3)CC2)c(C)cc1C1CCC1. The maximum absolute atomic E-state index is 13.4. The van der Waals surface area contributed by atoms with Crippen molar-refractivity contribution in [1.29, 1.82) is 0 Å². The highest BCUT2D eigenvalue weighted by Crippen LogP contribution is 2.39. The van der Waals surface area contributed by atoms with Gasteiger partial charge < -0.3 is 15.5 Å². The smallest absolute Gasteiger partial charge is 0.254 e. The Morgan fingerprint density at radius 2 is 1.66 bits per heavy atom. The van der Waals surface area contributed by atoms with E-state index in [-0.39, 0.29) is 11.8 Å². The van der Waals surface area contributed by atoms with Crippen LogP contribution in [0.15, 0.2) is 36.4 Å². The molecule has 2 aromatic rings. The van der Waals surface area contributed by atoms with Crippen LogP contribution in [-0.4, -0.2) is 43.4 Å². The molecule has 1 saturated heterocycles. The lowest BCUT2D eigenvalue weighted by Crippen LogP contribution is -2.38. The average molecular weight is 434 g/mol. The summed E-state index contributed by atoms with van der Waals surface area (Å²) in [6.07, 6.45) is 5.40. The molecule has 5 heteroatoms. The molecule has 1 aliphatic carbocycles. The van der Waals surface area contributed by atoms with Gasteiger partial charge in [-0.3, -0.25) is 9.59 Å². The van der Waals surface area contributed by atoms with Gasteiger partial charge in [-0.15, -0.1) is 0 Å². The van der Waals surface area contributed by atoms with Crippen molar-refractivity contribution in [3.8, 4) is 0 Å². The second-order valence-corrected chi connectivity index (χ2v) is 9.18. The van der Waals surface area contributed by atoms with E-state index in [0.29, 0.717) is 29.5 Å². The summed E-state index contributed by atoms with van der Waals surface area (Å²) in [5.74, 6) is 0.919. The minimum Gasteiger partial charge on any atom is -0.388 e. The average Bonchev–Trinajstić information content (AvgIpc) is 2.78. The Labute approximate surface area is 191 Å². The fourth-order valence-electron chi connectivity index (χ4n) is 4.98. The first-order valence-electron chi connectivity index (χ1n) is 12.0. The van der Waals surface area contributed by atoms with E-state index in [0.717, 1.165) is 55.6 Å². The van der Waals surface area contributed by atoms with Crippen LogP contribution in [0.4, 0.5) is 5.69 Å². The zero-order valence-electron chi connectivity index (χ0n) is 19.5. The fraction of sp³-hybridized carbons (Fsp3) is 0.481. The van der Waals surface area contributed by atoms with Gasteiger partial charge in [-0.05, 0) is 86.3 Å². The van der Waals surface area contributed by atoms with Crippen molar-refractivity contribution in [1.82, 2.24) is 10.2 Å². The quantitative estimate of drug-likeness (QED) is 0.668. The van der Waals surface area contributed by atoms with Crippen LogP contribution in [0.5, 0.6) is 0 Å². The predicted molar refractivity (Wildman–Crippen MR) is 130 cm³/mol. The summed E-state index contributed by atoms with van der Waals surface area (Å²) < 4.78 is 0. The summed E-state index contributed by atoms with van der Waals surface area (Å²) in [6, 6.07) is 12.6. The van der Waals surface area contributed by atoms with Gasteiger partial charge in [0.1, 0.15) is 0 Å². The molecule has 170 valence electrons. The number of aryl methyl sites for hydroxylation is 1. The van der Waals surface area contributed by atoms with E-state index in [4.69, 9.17) is 0 Å². The second-order valence-electron chi connectivity index (χ2n) is 9.18. The predicted octanol–water partition coefficient (Wildman–Crippen LogP) is 5.07. The minimum atomic E-state index is -0.0628. The van der Waals surface area contributed by atoms with Gasteiger partial charge in [0.25, 0.3) is 11.8 Å². The highest BCUT2D eigenvalue weighted by atomic mass is 16.2. The molecule has 1 heterocycles. The van der Waals surface area contributed by atoms with Crippen molar-refractivity contribution in [3.63, 3.8) is 0 Å². The molecule has 0 unspecified atom stereocenters. The highest BCUT2D eigenvalue weighted by Gasteiger charge is 2.29. The van der Waals surface area contributed by atoms with Crippen LogP contribution >= 0.6 is 0 Å². The van der Waals surface area contributed by atoms with Crippen molar-refractivity contribution in [3.05, 3.63) is 64.2 Å². The van der Waals surface area contributed by atoms with E-state index < -0.39 is 0 Å². The van der Waals surface area contributed by atoms with Crippen LogP contribution in [0.3, 0.4) is 0 Å². The number of carbonyl (C=O) groups excluding carboxylic acids is 2. The Hall–Kier alpha value is -2.82. The van der Waals surface area contributed by atoms with Crippen molar-refractivity contribution in [2.75, 3.05) is 32.0 Å². The van der Waals surface area contributed by atoms with Crippen LogP contribution in [0, 0.1) is 6.92 Å². The van der Waals surface area contributed by atoms with E-state index in [1.54, 1.807) is 0 Å². The van der Waals surface area contributed by atoms with Crippen LogP contribution in [0.25, 0.3) is 0 Å². The molecule has 1 saturated carbocycles. The summed E-state index contributed by atoms with van der Waals surface area (Å²) in [7, 11) is 1.93. The Kier molecular flexibility index (Phi) is 6.83. The molecule has 2 fully saturated rings. The normalized spacial score (nSPS) is 17.0. The lowest BCUT2D eigenvalue weighted by Gasteiger charge is -2.33. The standard InChI is InChI=1S/C27H35N3O2/c1-4-29-26(31)25-17-23(18(2)16-24(25)21-6-5-7-21)27(32)30-14-12-20(13-15-30)19-8-10-22(28-3)11-9-19/h8-11,16-17,20-21,28H,4-7,12-15H2,1-3H3,(H,29,31). The lowest BCUT2D eigenvalue weighted by atomic mass is 9.77. The third kappa shape index (κ3) is 4.52. The summed E-state index contributed by atoms with van der Waals surface area (Å²) in [5.41, 5.74) is 5.91. The van der Waals surface area contributed by atoms with Crippen molar-refractivity contribution in [2.45, 2.75) is 57.8 Å². The molecule has 5 nitrogen and oxygen atoms in total. The monoisotopic (exact) mass is 433 g/mol. The number of hydrogen-bond donors (Lipinski definition) is 2. The molecule has 4 rings (SSSR count). The van der Waals surface area contributed by atoms with Crippen LogP contribution in [0.2, 0.25) is 0 Å². The zero-order valence-corrected chi connectivity index (χ0v) is 19.5. The number of benzene rings is 2. The molecule has 2 aliphatic rings. The van der Waals surface area contributed by atoms with Crippen LogP contribution in [0.1, 0.15) is 88.3 Å². The molecule has 0 radical (unpaired) electrons. The number of nitrogens with one attached hydrogen (secondary N) is 2. The Morgan fingerprint density at radius 3 is 2.22 bits per heavy atom. The molecular formula is C27H35N3O2. The fourth-order valence-corrected chi connectivity index (χ4v) is 4.98. The molecule has 2 aromatic carbocycles. The van der Waals surface area contributed by atoms with Crippen LogP contribution in [-0.2, 0) is 0 Å². The van der Waals surface area contributed by atoms with Gasteiger partial charge in [0.05, 0.1) is 0 Å². The van der Waals surface area contributed by atoms with Gasteiger partial charge in [-0.1, -0.05) is 24.6 Å². The second kappa shape index (κ2) is 9.76. The zero-order chi connectivity index (χ0) is 22.7. The first-order valence-corrected chi connectivity index (χ1v) is 12.0. The number of amides is 2. The maximum atomic E-state index is 13.4. The van der Waals surface area contributed by atoms with E-state index in [2.05, 4.69) is 41.0 Å². The summed E-state index contributed by atoms with van der Waals surface area (Å²) >= 11 is 0. The topological polar surface area (TPSA) is 61.4 Å². The van der Waals surface area contributed by atoms with Gasteiger partial charge in [0, 0.05) is 43.5 Å². The van der Waals surface area contributed by atoms with E-state index in [9.17, 15) is 9.59 Å². The third-order valence-electron chi connectivity index (χ3n) is 7.21. The van der Waals surface area contributed by atoms with Gasteiger partial charge in [-0.2, -0.15) is 0 Å². The number of piperidine rings is 1. The number of hydrogen-bond acceptors (Lipinski definition) is 3. The number of likely N-dealkylation sites (tertiary alicyclic amines) is 1. The first kappa shape index (κ1) is 22.4. The van der Waals surface area contributed by atoms with E-state index in [1.807, 2.05) is 31.9 Å². The lowest BCUT2D eigenvalue weighted by molar-refractivity contribution is 0.0712. The molecule has 2 N–H and O–H groups in total. The first-order chi connectivity index (χ1) is 15.5. The number of anilines is 1. The summed E-state index contributed by atoms with van der Waals surface area (Å²) in [4.78, 5) is 28.2. The van der Waals surface area contributed by atoms with E-state index >= 15 is 0 Å². The summed E-state index contributed by atoms with van der Waals surface area (Å²) in [5, 5.41) is 6.09. The Morgan fingerprint density at radius 1 is 0.969 bits per heavy atom. The van der Waals surface area contributed by atoms with Gasteiger partial charge in [-0.25, -0.2) is 0 Å². The summed E-state index contributed by atoms with van der Waals surface area (Å²) in [6.45, 7) is 6.02. The number of carbonyl (C=O) groups is 2. The van der Waals surface area contributed by atoms with Crippen molar-refractivity contribution >= 4 is 17.5 Å². The molecule has 0 spiro atoms. The Balaban J connectivity index is 1.50. The molecule has 0 atom stereocenters. The number of rotatable bonds is 6. The molecule has 0 bridgehead atoms. The minimum absolute atomic E-state index is 0.0530. The van der Waals surface area contributed by atoms with Gasteiger partial charge in [0.15, 0.2) is 0 Å². The van der Waals surface area contributed by atoms with Crippen LogP contribution < -0.4 is 10.6 Å². The molecule has 32 heavy (non-hydrogen) atoms. The largest absolute Gasteiger partial charge is 0.388 e. The van der Waals surface area contributed by atoms with Gasteiger partial charge in [0.2, 0.25) is 0 Å². The van der Waals surface area contributed by atoms with Crippen molar-refractivity contribution in [2.24, 2.45) is 0 Å². The molecule has 2 amide bonds. The number of nitrogens with zero attached hydrogens (tertiary/aromatic N) is 1. The maximum Gasteiger partial charge on any atom is 0.254 e. The molecule has 0 aromatic heterocycles. The van der Waals surface area contributed by atoms with Crippen molar-refractivity contribution < 1.29 is 9.59 Å². The van der Waals surface area contributed by atoms with Gasteiger partial charge >= 0.3 is 0 Å². The Bertz CT molecular complexity index is 971. The molecule has 1 aliphatic heterocycles. The highest BCUT2D eigenvalue weighted by molar-refractivity contribution is 6.01. The van der Waals surface area contributed by atoms with E-state index in [1.165, 1.54) is 12.0 Å². The molecular weight excluding hydrogens is 398 g/mol.